The number of halogens is 2. The number of ether oxygens (including phenoxy) is 3. The van der Waals surface area contributed by atoms with Gasteiger partial charge in [-0.15, -0.1) is 0 Å². The molecule has 0 atom stereocenters. The number of hydrogen-bond donors (Lipinski definition) is 0. The van der Waals surface area contributed by atoms with Gasteiger partial charge in [-0.1, -0.05) is 0 Å². The van der Waals surface area contributed by atoms with Crippen LogP contribution in [0.25, 0.3) is 0 Å². The Hall–Kier alpha value is -2.64. The molecule has 0 N–H and O–H groups in total. The molecule has 0 unspecified atom stereocenters. The Morgan fingerprint density at radius 1 is 1.20 bits per heavy atom. The van der Waals surface area contributed by atoms with Crippen molar-refractivity contribution in [2.24, 2.45) is 0 Å². The Bertz CT molecular complexity index is 751. The van der Waals surface area contributed by atoms with Crippen LogP contribution in [0.1, 0.15) is 35.5 Å². The maximum absolute atomic E-state index is 14.2. The SMILES string of the molecule is CCOC(=O)c1nn(Cc2c(F)cc(OCC)cc2F)c(OC)c1C. The number of rotatable bonds is 7. The highest BCUT2D eigenvalue weighted by atomic mass is 19.1. The van der Waals surface area contributed by atoms with Crippen molar-refractivity contribution in [3.8, 4) is 11.6 Å². The zero-order valence-corrected chi connectivity index (χ0v) is 14.6. The molecule has 0 amide bonds. The molecule has 0 spiro atoms. The zero-order valence-electron chi connectivity index (χ0n) is 14.6. The molecule has 0 radical (unpaired) electrons. The number of hydrogen-bond acceptors (Lipinski definition) is 5. The Kier molecular flexibility index (Phi) is 5.95. The van der Waals surface area contributed by atoms with Crippen LogP contribution in [0, 0.1) is 18.6 Å². The number of esters is 1. The van der Waals surface area contributed by atoms with Crippen LogP contribution < -0.4 is 9.47 Å². The normalized spacial score (nSPS) is 10.6. The van der Waals surface area contributed by atoms with Gasteiger partial charge in [-0.25, -0.2) is 18.3 Å². The van der Waals surface area contributed by atoms with E-state index >= 15 is 0 Å². The number of methoxy groups -OCH3 is 1. The minimum absolute atomic E-state index is 0.0467. The first-order valence-corrected chi connectivity index (χ1v) is 7.82. The van der Waals surface area contributed by atoms with Crippen molar-refractivity contribution in [1.29, 1.82) is 0 Å². The van der Waals surface area contributed by atoms with E-state index in [1.165, 1.54) is 11.8 Å². The van der Waals surface area contributed by atoms with Crippen LogP contribution in [-0.2, 0) is 11.3 Å². The fourth-order valence-electron chi connectivity index (χ4n) is 2.43. The molecule has 8 heteroatoms. The smallest absolute Gasteiger partial charge is 0.359 e. The molecule has 0 aliphatic rings. The fourth-order valence-corrected chi connectivity index (χ4v) is 2.43. The highest BCUT2D eigenvalue weighted by Crippen LogP contribution is 2.26. The van der Waals surface area contributed by atoms with E-state index in [4.69, 9.17) is 14.2 Å². The molecule has 0 aliphatic carbocycles. The number of carbonyl (C=O) groups excluding carboxylic acids is 1. The molecule has 0 fully saturated rings. The summed E-state index contributed by atoms with van der Waals surface area (Å²) in [5.41, 5.74) is 0.276. The van der Waals surface area contributed by atoms with E-state index in [9.17, 15) is 13.6 Å². The average Bonchev–Trinajstić information content (AvgIpc) is 2.87. The van der Waals surface area contributed by atoms with Gasteiger partial charge in [0.15, 0.2) is 5.69 Å². The van der Waals surface area contributed by atoms with Gasteiger partial charge in [0.2, 0.25) is 5.88 Å². The fraction of sp³-hybridized carbons (Fsp3) is 0.412. The molecule has 2 rings (SSSR count). The third kappa shape index (κ3) is 3.89. The third-order valence-electron chi connectivity index (χ3n) is 3.53. The summed E-state index contributed by atoms with van der Waals surface area (Å²) in [6.45, 7) is 5.26. The minimum Gasteiger partial charge on any atom is -0.494 e. The quantitative estimate of drug-likeness (QED) is 0.715. The molecule has 2 aromatic rings. The second-order valence-electron chi connectivity index (χ2n) is 5.16. The van der Waals surface area contributed by atoms with Crippen molar-refractivity contribution < 1.29 is 27.8 Å². The van der Waals surface area contributed by atoms with Crippen molar-refractivity contribution in [2.45, 2.75) is 27.3 Å². The standard InChI is InChI=1S/C17H20F2N2O4/c1-5-24-11-7-13(18)12(14(19)8-11)9-21-16(23-4)10(3)15(20-21)17(22)25-6-2/h7-8H,5-6,9H2,1-4H3. The molecule has 0 saturated carbocycles. The summed E-state index contributed by atoms with van der Waals surface area (Å²) in [4.78, 5) is 11.9. The predicted octanol–water partition coefficient (Wildman–Crippen LogP) is 3.10. The Balaban J connectivity index is 2.40. The molecule has 1 aromatic carbocycles. The first-order chi connectivity index (χ1) is 11.9. The van der Waals surface area contributed by atoms with Gasteiger partial charge in [0.25, 0.3) is 0 Å². The van der Waals surface area contributed by atoms with Gasteiger partial charge in [-0.2, -0.15) is 5.10 Å². The lowest BCUT2D eigenvalue weighted by Gasteiger charge is -2.11. The Labute approximate surface area is 144 Å². The molecule has 0 saturated heterocycles. The molecule has 25 heavy (non-hydrogen) atoms. The van der Waals surface area contributed by atoms with E-state index in [-0.39, 0.29) is 36.0 Å². The van der Waals surface area contributed by atoms with E-state index in [2.05, 4.69) is 5.10 Å². The van der Waals surface area contributed by atoms with Crippen LogP contribution in [-0.4, -0.2) is 36.1 Å². The molecule has 1 heterocycles. The summed E-state index contributed by atoms with van der Waals surface area (Å²) in [5.74, 6) is -1.81. The molecular weight excluding hydrogens is 334 g/mol. The van der Waals surface area contributed by atoms with Crippen LogP contribution >= 0.6 is 0 Å². The van der Waals surface area contributed by atoms with E-state index in [0.717, 1.165) is 12.1 Å². The van der Waals surface area contributed by atoms with Gasteiger partial charge in [0, 0.05) is 23.3 Å². The largest absolute Gasteiger partial charge is 0.494 e. The van der Waals surface area contributed by atoms with Crippen molar-refractivity contribution >= 4 is 5.97 Å². The second kappa shape index (κ2) is 7.96. The lowest BCUT2D eigenvalue weighted by molar-refractivity contribution is 0.0517. The highest BCUT2D eigenvalue weighted by molar-refractivity contribution is 5.89. The van der Waals surface area contributed by atoms with Gasteiger partial charge >= 0.3 is 5.97 Å². The Morgan fingerprint density at radius 2 is 1.84 bits per heavy atom. The summed E-state index contributed by atoms with van der Waals surface area (Å²) in [6.07, 6.45) is 0. The minimum atomic E-state index is -0.767. The van der Waals surface area contributed by atoms with Gasteiger partial charge in [-0.3, -0.25) is 0 Å². The molecule has 1 aromatic heterocycles. The van der Waals surface area contributed by atoms with E-state index in [1.807, 2.05) is 0 Å². The molecule has 136 valence electrons. The highest BCUT2D eigenvalue weighted by Gasteiger charge is 2.23. The maximum Gasteiger partial charge on any atom is 0.359 e. The van der Waals surface area contributed by atoms with E-state index in [1.54, 1.807) is 20.8 Å². The van der Waals surface area contributed by atoms with Crippen LogP contribution in [0.4, 0.5) is 8.78 Å². The number of nitrogens with zero attached hydrogens (tertiary/aromatic N) is 2. The first kappa shape index (κ1) is 18.7. The lowest BCUT2D eigenvalue weighted by Crippen LogP contribution is -2.10. The van der Waals surface area contributed by atoms with Gasteiger partial charge in [0.1, 0.15) is 17.4 Å². The summed E-state index contributed by atoms with van der Waals surface area (Å²) in [6, 6.07) is 2.22. The monoisotopic (exact) mass is 354 g/mol. The first-order valence-electron chi connectivity index (χ1n) is 7.82. The Morgan fingerprint density at radius 3 is 2.36 bits per heavy atom. The topological polar surface area (TPSA) is 62.6 Å². The summed E-state index contributed by atoms with van der Waals surface area (Å²) >= 11 is 0. The number of carbonyl (C=O) groups is 1. The summed E-state index contributed by atoms with van der Waals surface area (Å²) in [5, 5.41) is 4.09. The maximum atomic E-state index is 14.2. The van der Waals surface area contributed by atoms with Crippen LogP contribution in [0.5, 0.6) is 11.6 Å². The van der Waals surface area contributed by atoms with Crippen LogP contribution in [0.15, 0.2) is 12.1 Å². The predicted molar refractivity (Wildman–Crippen MR) is 86.1 cm³/mol. The van der Waals surface area contributed by atoms with Crippen molar-refractivity contribution in [3.05, 3.63) is 40.6 Å². The molecule has 0 aliphatic heterocycles. The zero-order chi connectivity index (χ0) is 18.6. The van der Waals surface area contributed by atoms with Gasteiger partial charge < -0.3 is 14.2 Å². The van der Waals surface area contributed by atoms with E-state index in [0.29, 0.717) is 12.2 Å². The van der Waals surface area contributed by atoms with Crippen LogP contribution in [0.3, 0.4) is 0 Å². The average molecular weight is 354 g/mol. The third-order valence-corrected chi connectivity index (χ3v) is 3.53. The molecule has 6 nitrogen and oxygen atoms in total. The van der Waals surface area contributed by atoms with Crippen molar-refractivity contribution in [2.75, 3.05) is 20.3 Å². The number of benzene rings is 1. The van der Waals surface area contributed by atoms with Crippen LogP contribution in [0.2, 0.25) is 0 Å². The lowest BCUT2D eigenvalue weighted by atomic mass is 10.2. The van der Waals surface area contributed by atoms with Gasteiger partial charge in [-0.05, 0) is 20.8 Å². The second-order valence-corrected chi connectivity index (χ2v) is 5.16. The summed E-state index contributed by atoms with van der Waals surface area (Å²) < 4.78 is 45.0. The van der Waals surface area contributed by atoms with E-state index < -0.39 is 17.6 Å². The van der Waals surface area contributed by atoms with Crippen molar-refractivity contribution in [1.82, 2.24) is 9.78 Å². The molecular formula is C17H20F2N2O4. The summed E-state index contributed by atoms with van der Waals surface area (Å²) in [7, 11) is 1.39. The van der Waals surface area contributed by atoms with Crippen molar-refractivity contribution in [3.63, 3.8) is 0 Å². The van der Waals surface area contributed by atoms with Gasteiger partial charge in [0.05, 0.1) is 26.9 Å². The number of aromatic nitrogens is 2. The molecule has 0 bridgehead atoms.